The molecule has 0 radical (unpaired) electrons. The van der Waals surface area contributed by atoms with E-state index in [4.69, 9.17) is 4.74 Å². The van der Waals surface area contributed by atoms with Gasteiger partial charge in [-0.3, -0.25) is 9.59 Å². The fourth-order valence-corrected chi connectivity index (χ4v) is 4.72. The molecule has 1 aromatic carbocycles. The number of hydrogen-bond donors (Lipinski definition) is 2. The molecule has 9 heteroatoms. The number of rotatable bonds is 6. The number of carbonyl (C=O) groups excluding carboxylic acids is 1. The summed E-state index contributed by atoms with van der Waals surface area (Å²) < 4.78 is 32.8. The third kappa shape index (κ3) is 4.98. The van der Waals surface area contributed by atoms with Crippen LogP contribution in [0.4, 0.5) is 0 Å². The third-order valence-electron chi connectivity index (χ3n) is 4.39. The molecule has 0 aliphatic carbocycles. The molecule has 1 aromatic rings. The molecule has 27 heavy (non-hydrogen) atoms. The van der Waals surface area contributed by atoms with Crippen molar-refractivity contribution in [2.24, 2.45) is 11.8 Å². The Morgan fingerprint density at radius 1 is 1.30 bits per heavy atom. The van der Waals surface area contributed by atoms with Gasteiger partial charge in [-0.05, 0) is 44.4 Å². The van der Waals surface area contributed by atoms with E-state index in [2.05, 4.69) is 4.72 Å². The number of piperidine rings is 1. The predicted molar refractivity (Wildman–Crippen MR) is 99.3 cm³/mol. The van der Waals surface area contributed by atoms with Crippen LogP contribution in [-0.4, -0.2) is 56.5 Å². The maximum atomic E-state index is 12.9. The van der Waals surface area contributed by atoms with Gasteiger partial charge in [0.25, 0.3) is 5.91 Å². The zero-order valence-electron chi connectivity index (χ0n) is 15.9. The Kier molecular flexibility index (Phi) is 6.48. The largest absolute Gasteiger partial charge is 0.495 e. The average Bonchev–Trinajstić information content (AvgIpc) is 2.58. The molecule has 0 spiro atoms. The smallest absolute Gasteiger partial charge is 0.308 e. The average molecular weight is 398 g/mol. The second-order valence-corrected chi connectivity index (χ2v) is 8.91. The number of aliphatic carboxylic acids is 1. The van der Waals surface area contributed by atoms with Crippen LogP contribution in [0.15, 0.2) is 23.1 Å². The molecule has 150 valence electrons. The fraction of sp³-hybridized carbons (Fsp3) is 0.556. The maximum Gasteiger partial charge on any atom is 0.308 e. The van der Waals surface area contributed by atoms with E-state index < -0.39 is 27.8 Å². The lowest BCUT2D eigenvalue weighted by atomic mass is 9.90. The normalized spacial score (nSPS) is 20.6. The Morgan fingerprint density at radius 2 is 1.96 bits per heavy atom. The summed E-state index contributed by atoms with van der Waals surface area (Å²) in [5.41, 5.74) is 0.179. The first kappa shape index (κ1) is 21.2. The number of carboxylic acids is 1. The van der Waals surface area contributed by atoms with Crippen molar-refractivity contribution in [3.8, 4) is 5.75 Å². The highest BCUT2D eigenvalue weighted by molar-refractivity contribution is 7.89. The van der Waals surface area contributed by atoms with Gasteiger partial charge in [-0.2, -0.15) is 0 Å². The monoisotopic (exact) mass is 398 g/mol. The van der Waals surface area contributed by atoms with Gasteiger partial charge in [0.15, 0.2) is 0 Å². The molecule has 2 N–H and O–H groups in total. The fourth-order valence-electron chi connectivity index (χ4n) is 3.27. The van der Waals surface area contributed by atoms with E-state index in [0.717, 1.165) is 0 Å². The number of sulfonamides is 1. The van der Waals surface area contributed by atoms with Crippen molar-refractivity contribution in [2.75, 3.05) is 20.2 Å². The highest BCUT2D eigenvalue weighted by Gasteiger charge is 2.33. The van der Waals surface area contributed by atoms with Crippen LogP contribution in [0.25, 0.3) is 0 Å². The molecule has 1 fully saturated rings. The van der Waals surface area contributed by atoms with Gasteiger partial charge in [0.1, 0.15) is 10.6 Å². The lowest BCUT2D eigenvalue weighted by Gasteiger charge is -2.34. The second-order valence-electron chi connectivity index (χ2n) is 7.23. The highest BCUT2D eigenvalue weighted by atomic mass is 32.2. The summed E-state index contributed by atoms with van der Waals surface area (Å²) in [7, 11) is -2.51. The second kappa shape index (κ2) is 8.26. The van der Waals surface area contributed by atoms with Crippen molar-refractivity contribution < 1.29 is 27.9 Å². The van der Waals surface area contributed by atoms with Gasteiger partial charge in [-0.1, -0.05) is 6.92 Å². The minimum absolute atomic E-state index is 0.0489. The van der Waals surface area contributed by atoms with Gasteiger partial charge in [0, 0.05) is 24.7 Å². The van der Waals surface area contributed by atoms with Crippen molar-refractivity contribution in [3.05, 3.63) is 23.8 Å². The number of carboxylic acid groups (broad SMARTS) is 1. The lowest BCUT2D eigenvalue weighted by Crippen LogP contribution is -2.45. The zero-order valence-corrected chi connectivity index (χ0v) is 16.7. The van der Waals surface area contributed by atoms with Crippen LogP contribution in [0.3, 0.4) is 0 Å². The number of benzene rings is 1. The number of nitrogens with zero attached hydrogens (tertiary/aromatic N) is 1. The zero-order chi connectivity index (χ0) is 20.4. The SMILES string of the molecule is COc1ccc(C(=O)N2CC(C)CC(C(=O)O)C2)cc1S(=O)(=O)NC(C)C. The number of ether oxygens (including phenoxy) is 1. The molecule has 1 amide bonds. The molecule has 1 heterocycles. The molecule has 1 aliphatic rings. The number of carbonyl (C=O) groups is 2. The molecular formula is C18H26N2O6S. The van der Waals surface area contributed by atoms with Crippen molar-refractivity contribution in [2.45, 2.75) is 38.1 Å². The molecule has 0 aromatic heterocycles. The Labute approximate surface area is 159 Å². The summed E-state index contributed by atoms with van der Waals surface area (Å²) in [6.07, 6.45) is 0.514. The lowest BCUT2D eigenvalue weighted by molar-refractivity contribution is -0.143. The van der Waals surface area contributed by atoms with E-state index in [1.165, 1.54) is 30.2 Å². The van der Waals surface area contributed by atoms with E-state index in [1.54, 1.807) is 13.8 Å². The third-order valence-corrected chi connectivity index (χ3v) is 6.07. The van der Waals surface area contributed by atoms with Crippen LogP contribution >= 0.6 is 0 Å². The summed E-state index contributed by atoms with van der Waals surface area (Å²) in [5.74, 6) is -1.76. The molecule has 0 bridgehead atoms. The van der Waals surface area contributed by atoms with Crippen molar-refractivity contribution in [1.82, 2.24) is 9.62 Å². The number of likely N-dealkylation sites (tertiary alicyclic amines) is 1. The van der Waals surface area contributed by atoms with Crippen molar-refractivity contribution in [1.29, 1.82) is 0 Å². The number of methoxy groups -OCH3 is 1. The van der Waals surface area contributed by atoms with Gasteiger partial charge < -0.3 is 14.7 Å². The van der Waals surface area contributed by atoms with Crippen molar-refractivity contribution in [3.63, 3.8) is 0 Å². The van der Waals surface area contributed by atoms with Gasteiger partial charge in [-0.25, -0.2) is 13.1 Å². The topological polar surface area (TPSA) is 113 Å². The van der Waals surface area contributed by atoms with Gasteiger partial charge in [-0.15, -0.1) is 0 Å². The molecule has 1 saturated heterocycles. The Balaban J connectivity index is 2.37. The molecule has 0 saturated carbocycles. The number of hydrogen-bond acceptors (Lipinski definition) is 5. The predicted octanol–water partition coefficient (Wildman–Crippen LogP) is 1.56. The van der Waals surface area contributed by atoms with E-state index >= 15 is 0 Å². The van der Waals surface area contributed by atoms with Gasteiger partial charge in [0.05, 0.1) is 13.0 Å². The Morgan fingerprint density at radius 3 is 2.52 bits per heavy atom. The molecule has 8 nitrogen and oxygen atoms in total. The summed E-state index contributed by atoms with van der Waals surface area (Å²) in [6.45, 7) is 5.82. The van der Waals surface area contributed by atoms with Crippen LogP contribution in [-0.2, 0) is 14.8 Å². The standard InChI is InChI=1S/C18H26N2O6S/c1-11(2)19-27(24,25)16-8-13(5-6-15(16)26-4)17(21)20-9-12(3)7-14(10-20)18(22)23/h5-6,8,11-12,14,19H,7,9-10H2,1-4H3,(H,22,23). The molecule has 2 rings (SSSR count). The summed E-state index contributed by atoms with van der Waals surface area (Å²) in [5, 5.41) is 9.29. The minimum Gasteiger partial charge on any atom is -0.495 e. The number of nitrogens with one attached hydrogen (secondary N) is 1. The first-order valence-corrected chi connectivity index (χ1v) is 10.3. The highest BCUT2D eigenvalue weighted by Crippen LogP contribution is 2.28. The van der Waals surface area contributed by atoms with Crippen molar-refractivity contribution >= 4 is 21.9 Å². The maximum absolute atomic E-state index is 12.9. The molecular weight excluding hydrogens is 372 g/mol. The van der Waals surface area contributed by atoms with Crippen LogP contribution < -0.4 is 9.46 Å². The first-order chi connectivity index (χ1) is 12.5. The first-order valence-electron chi connectivity index (χ1n) is 8.77. The van der Waals surface area contributed by atoms with Gasteiger partial charge >= 0.3 is 5.97 Å². The van der Waals surface area contributed by atoms with E-state index in [-0.39, 0.29) is 34.7 Å². The van der Waals surface area contributed by atoms with Crippen LogP contribution in [0, 0.1) is 11.8 Å². The van der Waals surface area contributed by atoms with Crippen LogP contribution in [0.1, 0.15) is 37.6 Å². The molecule has 2 unspecified atom stereocenters. The summed E-state index contributed by atoms with van der Waals surface area (Å²) in [4.78, 5) is 25.6. The Hall–Kier alpha value is -2.13. The minimum atomic E-state index is -3.86. The summed E-state index contributed by atoms with van der Waals surface area (Å²) >= 11 is 0. The van der Waals surface area contributed by atoms with E-state index in [0.29, 0.717) is 13.0 Å². The quantitative estimate of drug-likeness (QED) is 0.752. The van der Waals surface area contributed by atoms with Crippen LogP contribution in [0.5, 0.6) is 5.75 Å². The molecule has 1 aliphatic heterocycles. The summed E-state index contributed by atoms with van der Waals surface area (Å²) in [6, 6.07) is 3.88. The molecule has 2 atom stereocenters. The van der Waals surface area contributed by atoms with Gasteiger partial charge in [0.2, 0.25) is 10.0 Å². The van der Waals surface area contributed by atoms with E-state index in [1.807, 2.05) is 6.92 Å². The Bertz CT molecular complexity index is 821. The van der Waals surface area contributed by atoms with E-state index in [9.17, 15) is 23.1 Å². The number of amides is 1. The van der Waals surface area contributed by atoms with Crippen LogP contribution in [0.2, 0.25) is 0 Å².